The summed E-state index contributed by atoms with van der Waals surface area (Å²) >= 11 is 0. The second kappa shape index (κ2) is 8.08. The number of nitrogens with one attached hydrogen (secondary N) is 3. The number of amidine groups is 1. The molecule has 2 aromatic carbocycles. The predicted molar refractivity (Wildman–Crippen MR) is 100 cm³/mol. The zero-order valence-corrected chi connectivity index (χ0v) is 14.0. The Morgan fingerprint density at radius 3 is 2.54 bits per heavy atom. The summed E-state index contributed by atoms with van der Waals surface area (Å²) in [5.41, 5.74) is 9.91. The van der Waals surface area contributed by atoms with Crippen molar-refractivity contribution >= 4 is 5.84 Å². The van der Waals surface area contributed by atoms with Gasteiger partial charge in [0.1, 0.15) is 5.84 Å². The van der Waals surface area contributed by atoms with Crippen LogP contribution in [-0.4, -0.2) is 25.5 Å². The Kier molecular flexibility index (Phi) is 5.62. The van der Waals surface area contributed by atoms with Crippen LogP contribution in [0.15, 0.2) is 48.5 Å². The van der Waals surface area contributed by atoms with Gasteiger partial charge in [-0.3, -0.25) is 5.41 Å². The number of nitrogens with two attached hydrogens (primary N) is 1. The molecule has 1 aliphatic heterocycles. The van der Waals surface area contributed by atoms with Crippen molar-refractivity contribution in [1.29, 1.82) is 5.41 Å². The van der Waals surface area contributed by atoms with E-state index in [4.69, 9.17) is 11.1 Å². The number of hydrogen-bond donors (Lipinski definition) is 4. The fraction of sp³-hybridized carbons (Fsp3) is 0.350. The Labute approximate surface area is 144 Å². The molecule has 0 atom stereocenters. The van der Waals surface area contributed by atoms with Crippen LogP contribution < -0.4 is 16.4 Å². The van der Waals surface area contributed by atoms with E-state index in [1.165, 1.54) is 24.0 Å². The van der Waals surface area contributed by atoms with Gasteiger partial charge in [-0.25, -0.2) is 0 Å². The molecular formula is C20H26N4. The van der Waals surface area contributed by atoms with Crippen molar-refractivity contribution in [2.75, 3.05) is 19.6 Å². The first kappa shape index (κ1) is 16.7. The summed E-state index contributed by atoms with van der Waals surface area (Å²) in [5, 5.41) is 14.6. The lowest BCUT2D eigenvalue weighted by Crippen LogP contribution is -2.33. The smallest absolute Gasteiger partial charge is 0.122 e. The molecule has 0 unspecified atom stereocenters. The highest BCUT2D eigenvalue weighted by Gasteiger charge is 2.12. The standard InChI is InChI=1S/C20H26N4/c21-20(22)19-6-2-5-18(12-19)17-4-1-3-16(11-17)14-24-13-15-7-9-23-10-8-15/h1-6,11-12,15,23-24H,7-10,13-14H2,(H3,21,22). The lowest BCUT2D eigenvalue weighted by molar-refractivity contribution is 0.356. The van der Waals surface area contributed by atoms with Crippen LogP contribution in [-0.2, 0) is 6.54 Å². The number of nitrogen functional groups attached to an aromatic ring is 1. The van der Waals surface area contributed by atoms with Gasteiger partial charge in [-0.2, -0.15) is 0 Å². The molecule has 0 aromatic heterocycles. The fourth-order valence-corrected chi connectivity index (χ4v) is 3.23. The highest BCUT2D eigenvalue weighted by Crippen LogP contribution is 2.21. The molecule has 3 rings (SSSR count). The van der Waals surface area contributed by atoms with Gasteiger partial charge in [0.25, 0.3) is 0 Å². The van der Waals surface area contributed by atoms with Gasteiger partial charge in [0.05, 0.1) is 0 Å². The Bertz CT molecular complexity index is 690. The maximum absolute atomic E-state index is 7.59. The van der Waals surface area contributed by atoms with Crippen molar-refractivity contribution in [3.63, 3.8) is 0 Å². The van der Waals surface area contributed by atoms with E-state index >= 15 is 0 Å². The Morgan fingerprint density at radius 2 is 1.79 bits per heavy atom. The minimum absolute atomic E-state index is 0.108. The van der Waals surface area contributed by atoms with E-state index in [1.54, 1.807) is 0 Å². The second-order valence-electron chi connectivity index (χ2n) is 6.52. The van der Waals surface area contributed by atoms with Gasteiger partial charge in [0, 0.05) is 12.1 Å². The van der Waals surface area contributed by atoms with E-state index in [0.717, 1.165) is 43.2 Å². The summed E-state index contributed by atoms with van der Waals surface area (Å²) in [6.45, 7) is 4.28. The quantitative estimate of drug-likeness (QED) is 0.488. The molecule has 24 heavy (non-hydrogen) atoms. The maximum atomic E-state index is 7.59. The highest BCUT2D eigenvalue weighted by molar-refractivity contribution is 5.96. The highest BCUT2D eigenvalue weighted by atomic mass is 14.9. The summed E-state index contributed by atoms with van der Waals surface area (Å²) in [4.78, 5) is 0. The lowest BCUT2D eigenvalue weighted by atomic mass is 9.98. The van der Waals surface area contributed by atoms with E-state index in [9.17, 15) is 0 Å². The maximum Gasteiger partial charge on any atom is 0.122 e. The third-order valence-electron chi connectivity index (χ3n) is 4.65. The van der Waals surface area contributed by atoms with Crippen molar-refractivity contribution in [2.45, 2.75) is 19.4 Å². The lowest BCUT2D eigenvalue weighted by Gasteiger charge is -2.22. The van der Waals surface area contributed by atoms with Crippen molar-refractivity contribution in [1.82, 2.24) is 10.6 Å². The molecule has 4 heteroatoms. The molecule has 1 aliphatic rings. The molecule has 0 bridgehead atoms. The Morgan fingerprint density at radius 1 is 1.08 bits per heavy atom. The van der Waals surface area contributed by atoms with Gasteiger partial charge in [-0.15, -0.1) is 0 Å². The molecule has 2 aromatic rings. The molecule has 4 nitrogen and oxygen atoms in total. The van der Waals surface area contributed by atoms with Crippen molar-refractivity contribution in [2.24, 2.45) is 11.7 Å². The van der Waals surface area contributed by atoms with Crippen LogP contribution >= 0.6 is 0 Å². The molecule has 0 saturated carbocycles. The van der Waals surface area contributed by atoms with Gasteiger partial charge in [0.15, 0.2) is 0 Å². The molecule has 126 valence electrons. The van der Waals surface area contributed by atoms with Gasteiger partial charge < -0.3 is 16.4 Å². The van der Waals surface area contributed by atoms with Crippen LogP contribution in [0.5, 0.6) is 0 Å². The summed E-state index contributed by atoms with van der Waals surface area (Å²) in [6, 6.07) is 16.4. The third kappa shape index (κ3) is 4.43. The Balaban J connectivity index is 1.63. The number of hydrogen-bond acceptors (Lipinski definition) is 3. The van der Waals surface area contributed by atoms with Gasteiger partial charge in [-0.05, 0) is 67.2 Å². The first-order valence-corrected chi connectivity index (χ1v) is 8.67. The molecule has 1 saturated heterocycles. The van der Waals surface area contributed by atoms with Gasteiger partial charge in [0.2, 0.25) is 0 Å². The second-order valence-corrected chi connectivity index (χ2v) is 6.52. The average Bonchev–Trinajstić information content (AvgIpc) is 2.63. The summed E-state index contributed by atoms with van der Waals surface area (Å²) in [5.74, 6) is 0.901. The molecule has 0 aliphatic carbocycles. The third-order valence-corrected chi connectivity index (χ3v) is 4.65. The molecule has 0 radical (unpaired) electrons. The monoisotopic (exact) mass is 322 g/mol. The zero-order chi connectivity index (χ0) is 16.8. The topological polar surface area (TPSA) is 73.9 Å². The predicted octanol–water partition coefficient (Wildman–Crippen LogP) is 2.73. The summed E-state index contributed by atoms with van der Waals surface area (Å²) in [7, 11) is 0. The largest absolute Gasteiger partial charge is 0.384 e. The van der Waals surface area contributed by atoms with E-state index in [2.05, 4.69) is 41.0 Å². The van der Waals surface area contributed by atoms with Crippen LogP contribution in [0.25, 0.3) is 11.1 Å². The fourth-order valence-electron chi connectivity index (χ4n) is 3.23. The van der Waals surface area contributed by atoms with E-state index in [-0.39, 0.29) is 5.84 Å². The van der Waals surface area contributed by atoms with E-state index < -0.39 is 0 Å². The molecule has 0 spiro atoms. The summed E-state index contributed by atoms with van der Waals surface area (Å²) in [6.07, 6.45) is 2.54. The van der Waals surface area contributed by atoms with Gasteiger partial charge in [-0.1, -0.05) is 36.4 Å². The van der Waals surface area contributed by atoms with E-state index in [0.29, 0.717) is 0 Å². The van der Waals surface area contributed by atoms with Crippen molar-refractivity contribution in [3.8, 4) is 11.1 Å². The number of piperidine rings is 1. The average molecular weight is 322 g/mol. The van der Waals surface area contributed by atoms with Crippen LogP contribution in [0, 0.1) is 11.3 Å². The number of rotatable bonds is 6. The Hall–Kier alpha value is -2.17. The minimum atomic E-state index is 0.108. The first-order valence-electron chi connectivity index (χ1n) is 8.67. The molecule has 5 N–H and O–H groups in total. The zero-order valence-electron chi connectivity index (χ0n) is 14.0. The summed E-state index contributed by atoms with van der Waals surface area (Å²) < 4.78 is 0. The van der Waals surface area contributed by atoms with Crippen molar-refractivity contribution < 1.29 is 0 Å². The number of benzene rings is 2. The van der Waals surface area contributed by atoms with Crippen LogP contribution in [0.4, 0.5) is 0 Å². The van der Waals surface area contributed by atoms with Crippen LogP contribution in [0.1, 0.15) is 24.0 Å². The molecule has 1 heterocycles. The van der Waals surface area contributed by atoms with E-state index in [1.807, 2.05) is 18.2 Å². The van der Waals surface area contributed by atoms with Crippen LogP contribution in [0.3, 0.4) is 0 Å². The molecule has 1 fully saturated rings. The normalized spacial score (nSPS) is 15.3. The first-order chi connectivity index (χ1) is 11.7. The minimum Gasteiger partial charge on any atom is -0.384 e. The van der Waals surface area contributed by atoms with Crippen molar-refractivity contribution in [3.05, 3.63) is 59.7 Å². The molecule has 0 amide bonds. The SMILES string of the molecule is N=C(N)c1cccc(-c2cccc(CNCC3CCNCC3)c2)c1. The van der Waals surface area contributed by atoms with Gasteiger partial charge >= 0.3 is 0 Å². The van der Waals surface area contributed by atoms with Crippen LogP contribution in [0.2, 0.25) is 0 Å². The molecular weight excluding hydrogens is 296 g/mol.